The van der Waals surface area contributed by atoms with Crippen molar-refractivity contribution >= 4 is 10.1 Å². The Labute approximate surface area is 193 Å². The molecule has 0 aromatic carbocycles. The number of halogens is 3. The van der Waals surface area contributed by atoms with Crippen LogP contribution in [0.4, 0.5) is 13.2 Å². The maximum Gasteiger partial charge on any atom is 0.485 e. The van der Waals surface area contributed by atoms with E-state index in [1.807, 2.05) is 0 Å². The number of rotatable bonds is 17. The van der Waals surface area contributed by atoms with E-state index >= 15 is 0 Å². The van der Waals surface area contributed by atoms with E-state index in [2.05, 4.69) is 41.8 Å². The zero-order valence-electron chi connectivity index (χ0n) is 19.9. The molecular formula is C23H43F3N2O3S. The molecule has 5 nitrogen and oxygen atoms in total. The SMILES string of the molecule is CCCCCCCCCCCCCCCCCCn1cc[n+](C)c1.O=S(=O)([O-])C(F)(F)F. The summed E-state index contributed by atoms with van der Waals surface area (Å²) in [5.41, 5.74) is -5.65. The van der Waals surface area contributed by atoms with E-state index in [1.165, 1.54) is 109 Å². The van der Waals surface area contributed by atoms with Gasteiger partial charge in [0.2, 0.25) is 6.33 Å². The molecular weight excluding hydrogens is 441 g/mol. The van der Waals surface area contributed by atoms with Crippen molar-refractivity contribution in [3.05, 3.63) is 18.7 Å². The van der Waals surface area contributed by atoms with Gasteiger partial charge in [0, 0.05) is 0 Å². The zero-order chi connectivity index (χ0) is 24.3. The summed E-state index contributed by atoms with van der Waals surface area (Å²) in [7, 11) is -4.00. The lowest BCUT2D eigenvalue weighted by atomic mass is 10.0. The predicted octanol–water partition coefficient (Wildman–Crippen LogP) is 6.63. The second kappa shape index (κ2) is 18.3. The largest absolute Gasteiger partial charge is 0.741 e. The highest BCUT2D eigenvalue weighted by atomic mass is 32.2. The molecule has 32 heavy (non-hydrogen) atoms. The maximum atomic E-state index is 10.7. The van der Waals surface area contributed by atoms with E-state index in [9.17, 15) is 13.2 Å². The van der Waals surface area contributed by atoms with Gasteiger partial charge >= 0.3 is 5.51 Å². The van der Waals surface area contributed by atoms with Crippen molar-refractivity contribution in [3.63, 3.8) is 0 Å². The van der Waals surface area contributed by atoms with Crippen molar-refractivity contribution in [3.8, 4) is 0 Å². The summed E-state index contributed by atoms with van der Waals surface area (Å²) in [6, 6.07) is 0. The first kappa shape index (κ1) is 30.9. The summed E-state index contributed by atoms with van der Waals surface area (Å²) in [5, 5.41) is 0. The fourth-order valence-corrected chi connectivity index (χ4v) is 3.48. The summed E-state index contributed by atoms with van der Waals surface area (Å²) >= 11 is 0. The highest BCUT2D eigenvalue weighted by Crippen LogP contribution is 2.20. The first-order chi connectivity index (χ1) is 15.1. The molecule has 0 N–H and O–H groups in total. The molecule has 9 heteroatoms. The average Bonchev–Trinajstić information content (AvgIpc) is 3.11. The van der Waals surface area contributed by atoms with Gasteiger partial charge in [0.25, 0.3) is 0 Å². The third-order valence-corrected chi connectivity index (χ3v) is 5.94. The van der Waals surface area contributed by atoms with E-state index in [-0.39, 0.29) is 0 Å². The summed E-state index contributed by atoms with van der Waals surface area (Å²) in [6.45, 7) is 3.48. The molecule has 1 aromatic heterocycles. The van der Waals surface area contributed by atoms with Crippen LogP contribution in [0.2, 0.25) is 0 Å². The minimum atomic E-state index is -6.09. The van der Waals surface area contributed by atoms with Crippen LogP contribution in [0.25, 0.3) is 0 Å². The number of alkyl halides is 3. The van der Waals surface area contributed by atoms with Crippen molar-refractivity contribution in [2.45, 2.75) is 122 Å². The minimum absolute atomic E-state index is 1.18. The average molecular weight is 485 g/mol. The van der Waals surface area contributed by atoms with E-state index in [0.29, 0.717) is 0 Å². The molecule has 1 aromatic rings. The van der Waals surface area contributed by atoms with Crippen molar-refractivity contribution in [1.82, 2.24) is 4.57 Å². The number of nitrogens with zero attached hydrogens (tertiary/aromatic N) is 2. The second-order valence-corrected chi connectivity index (χ2v) is 9.89. The van der Waals surface area contributed by atoms with Gasteiger partial charge in [-0.2, -0.15) is 13.2 Å². The van der Waals surface area contributed by atoms with Gasteiger partial charge in [0.15, 0.2) is 10.1 Å². The Bertz CT molecular complexity index is 662. The van der Waals surface area contributed by atoms with Crippen LogP contribution in [-0.4, -0.2) is 23.0 Å². The molecule has 0 aliphatic carbocycles. The van der Waals surface area contributed by atoms with Gasteiger partial charge < -0.3 is 4.55 Å². The highest BCUT2D eigenvalue weighted by molar-refractivity contribution is 7.86. The van der Waals surface area contributed by atoms with Crippen LogP contribution in [0, 0.1) is 0 Å². The Morgan fingerprint density at radius 2 is 1.12 bits per heavy atom. The van der Waals surface area contributed by atoms with E-state index < -0.39 is 15.6 Å². The molecule has 190 valence electrons. The highest BCUT2D eigenvalue weighted by Gasteiger charge is 2.36. The van der Waals surface area contributed by atoms with Gasteiger partial charge in [-0.3, -0.25) is 0 Å². The second-order valence-electron chi connectivity index (χ2n) is 8.52. The lowest BCUT2D eigenvalue weighted by molar-refractivity contribution is -0.671. The third kappa shape index (κ3) is 18.5. The summed E-state index contributed by atoms with van der Waals surface area (Å²) in [5.74, 6) is 0. The molecule has 0 saturated carbocycles. The standard InChI is InChI=1S/C22H43N2.CHF3O3S/c1-3-4-5-6-7-8-9-10-11-12-13-14-15-16-17-18-19-24-21-20-23(2)22-24;2-1(3,4)8(5,6)7/h20-22H,3-19H2,1-2H3;(H,5,6,7)/q+1;/p-1. The number of aryl methyl sites for hydroxylation is 2. The Morgan fingerprint density at radius 1 is 0.781 bits per heavy atom. The molecule has 0 saturated heterocycles. The Balaban J connectivity index is 0.00000102. The summed E-state index contributed by atoms with van der Waals surface area (Å²) in [4.78, 5) is 0. The number of hydrogen-bond donors (Lipinski definition) is 0. The lowest BCUT2D eigenvalue weighted by Crippen LogP contribution is -2.23. The normalized spacial score (nSPS) is 11.9. The van der Waals surface area contributed by atoms with Crippen LogP contribution in [0.15, 0.2) is 18.7 Å². The van der Waals surface area contributed by atoms with E-state index in [1.54, 1.807) is 0 Å². The molecule has 0 fully saturated rings. The first-order valence-corrected chi connectivity index (χ1v) is 13.5. The van der Waals surface area contributed by atoms with Gasteiger partial charge in [0.1, 0.15) is 12.4 Å². The zero-order valence-corrected chi connectivity index (χ0v) is 20.7. The Kier molecular flexibility index (Phi) is 17.7. The summed E-state index contributed by atoms with van der Waals surface area (Å²) in [6.07, 6.45) is 29.5. The monoisotopic (exact) mass is 484 g/mol. The van der Waals surface area contributed by atoms with Crippen molar-refractivity contribution in [2.24, 2.45) is 7.05 Å². The molecule has 1 rings (SSSR count). The minimum Gasteiger partial charge on any atom is -0.741 e. The van der Waals surface area contributed by atoms with Crippen LogP contribution in [0.5, 0.6) is 0 Å². The lowest BCUT2D eigenvalue weighted by Gasteiger charge is -2.08. The van der Waals surface area contributed by atoms with Crippen LogP contribution < -0.4 is 4.57 Å². The fraction of sp³-hybridized carbons (Fsp3) is 0.870. The molecule has 0 spiro atoms. The summed E-state index contributed by atoms with van der Waals surface area (Å²) < 4.78 is 63.3. The van der Waals surface area contributed by atoms with Gasteiger partial charge in [-0.25, -0.2) is 17.6 Å². The molecule has 0 atom stereocenters. The molecule has 0 radical (unpaired) electrons. The Morgan fingerprint density at radius 3 is 1.41 bits per heavy atom. The molecule has 0 aliphatic rings. The van der Waals surface area contributed by atoms with Gasteiger partial charge in [-0.05, 0) is 12.8 Å². The molecule has 0 amide bonds. The molecule has 0 bridgehead atoms. The van der Waals surface area contributed by atoms with Crippen LogP contribution in [0.3, 0.4) is 0 Å². The van der Waals surface area contributed by atoms with Gasteiger partial charge in [-0.15, -0.1) is 0 Å². The first-order valence-electron chi connectivity index (χ1n) is 12.1. The number of aromatic nitrogens is 2. The Hall–Kier alpha value is -1.09. The smallest absolute Gasteiger partial charge is 0.485 e. The van der Waals surface area contributed by atoms with Crippen molar-refractivity contribution < 1.29 is 30.7 Å². The topological polar surface area (TPSA) is 66.0 Å². The van der Waals surface area contributed by atoms with Gasteiger partial charge in [0.05, 0.1) is 13.6 Å². The fourth-order valence-electron chi connectivity index (χ4n) is 3.48. The van der Waals surface area contributed by atoms with E-state index in [0.717, 1.165) is 0 Å². The third-order valence-electron chi connectivity index (χ3n) is 5.38. The van der Waals surface area contributed by atoms with E-state index in [4.69, 9.17) is 13.0 Å². The van der Waals surface area contributed by atoms with Gasteiger partial charge in [-0.1, -0.05) is 96.8 Å². The van der Waals surface area contributed by atoms with Crippen molar-refractivity contribution in [2.75, 3.05) is 0 Å². The number of imidazole rings is 1. The maximum absolute atomic E-state index is 10.7. The van der Waals surface area contributed by atoms with Crippen LogP contribution >= 0.6 is 0 Å². The number of hydrogen-bond acceptors (Lipinski definition) is 3. The molecule has 0 unspecified atom stereocenters. The van der Waals surface area contributed by atoms with Crippen LogP contribution in [-0.2, 0) is 23.7 Å². The number of unbranched alkanes of at least 4 members (excludes halogenated alkanes) is 15. The van der Waals surface area contributed by atoms with Crippen molar-refractivity contribution in [1.29, 1.82) is 0 Å². The van der Waals surface area contributed by atoms with Crippen LogP contribution in [0.1, 0.15) is 110 Å². The quantitative estimate of drug-likeness (QED) is 0.108. The molecule has 1 heterocycles. The molecule has 0 aliphatic heterocycles. The predicted molar refractivity (Wildman–Crippen MR) is 121 cm³/mol.